The van der Waals surface area contributed by atoms with Crippen LogP contribution in [0.4, 0.5) is 0 Å². The van der Waals surface area contributed by atoms with Crippen molar-refractivity contribution in [2.45, 2.75) is 58.4 Å². The average molecular weight is 226 g/mol. The standard InChI is InChI=1S/C12H22N2S/c1-4-6-7-10(13)11-8-15-12(14-11)9(3)5-2/h8-10H,4-7,13H2,1-3H3. The molecule has 3 heteroatoms. The topological polar surface area (TPSA) is 38.9 Å². The molecule has 2 atom stereocenters. The van der Waals surface area contributed by atoms with Crippen molar-refractivity contribution in [1.29, 1.82) is 0 Å². The molecule has 1 aromatic rings. The van der Waals surface area contributed by atoms with E-state index in [0.29, 0.717) is 5.92 Å². The first-order valence-corrected chi connectivity index (χ1v) is 6.77. The highest BCUT2D eigenvalue weighted by molar-refractivity contribution is 7.09. The van der Waals surface area contributed by atoms with Crippen LogP contribution in [0.1, 0.15) is 69.1 Å². The van der Waals surface area contributed by atoms with E-state index in [1.165, 1.54) is 17.8 Å². The van der Waals surface area contributed by atoms with Gasteiger partial charge in [-0.2, -0.15) is 0 Å². The van der Waals surface area contributed by atoms with Gasteiger partial charge in [-0.3, -0.25) is 0 Å². The Morgan fingerprint density at radius 2 is 2.20 bits per heavy atom. The number of nitrogens with two attached hydrogens (primary N) is 1. The SMILES string of the molecule is CCCCC(N)c1csc(C(C)CC)n1. The molecule has 1 rings (SSSR count). The predicted octanol–water partition coefficient (Wildman–Crippen LogP) is 3.85. The summed E-state index contributed by atoms with van der Waals surface area (Å²) in [5.74, 6) is 0.571. The first-order chi connectivity index (χ1) is 7.19. The Morgan fingerprint density at radius 1 is 1.47 bits per heavy atom. The van der Waals surface area contributed by atoms with Gasteiger partial charge < -0.3 is 5.73 Å². The highest BCUT2D eigenvalue weighted by atomic mass is 32.1. The van der Waals surface area contributed by atoms with Crippen LogP contribution in [0, 0.1) is 0 Å². The lowest BCUT2D eigenvalue weighted by molar-refractivity contribution is 0.589. The Kier molecular flexibility index (Phi) is 5.26. The first-order valence-electron chi connectivity index (χ1n) is 5.89. The van der Waals surface area contributed by atoms with E-state index in [0.717, 1.165) is 18.5 Å². The van der Waals surface area contributed by atoms with E-state index < -0.39 is 0 Å². The summed E-state index contributed by atoms with van der Waals surface area (Å²) in [5, 5.41) is 3.36. The zero-order valence-electron chi connectivity index (χ0n) is 9.99. The van der Waals surface area contributed by atoms with E-state index in [1.54, 1.807) is 11.3 Å². The van der Waals surface area contributed by atoms with Crippen LogP contribution in [0.3, 0.4) is 0 Å². The van der Waals surface area contributed by atoms with Crippen molar-refractivity contribution in [3.63, 3.8) is 0 Å². The van der Waals surface area contributed by atoms with Crippen LogP contribution < -0.4 is 5.73 Å². The van der Waals surface area contributed by atoms with Crippen molar-refractivity contribution in [2.75, 3.05) is 0 Å². The Balaban J connectivity index is 2.58. The average Bonchev–Trinajstić information content (AvgIpc) is 2.74. The van der Waals surface area contributed by atoms with E-state index in [1.807, 2.05) is 0 Å². The van der Waals surface area contributed by atoms with Gasteiger partial charge in [-0.15, -0.1) is 11.3 Å². The van der Waals surface area contributed by atoms with Gasteiger partial charge in [0.15, 0.2) is 0 Å². The molecule has 0 aliphatic carbocycles. The van der Waals surface area contributed by atoms with Crippen LogP contribution in [0.15, 0.2) is 5.38 Å². The van der Waals surface area contributed by atoms with E-state index in [9.17, 15) is 0 Å². The lowest BCUT2D eigenvalue weighted by atomic mass is 10.1. The maximum Gasteiger partial charge on any atom is 0.0957 e. The molecule has 0 saturated heterocycles. The largest absolute Gasteiger partial charge is 0.323 e. The lowest BCUT2D eigenvalue weighted by Crippen LogP contribution is -2.10. The van der Waals surface area contributed by atoms with Crippen LogP contribution in [-0.4, -0.2) is 4.98 Å². The molecule has 2 N–H and O–H groups in total. The number of nitrogens with zero attached hydrogens (tertiary/aromatic N) is 1. The fourth-order valence-corrected chi connectivity index (χ4v) is 2.47. The van der Waals surface area contributed by atoms with Crippen molar-refractivity contribution in [3.05, 3.63) is 16.1 Å². The summed E-state index contributed by atoms with van der Waals surface area (Å²) >= 11 is 1.75. The van der Waals surface area contributed by atoms with Crippen LogP contribution in [0.25, 0.3) is 0 Å². The highest BCUT2D eigenvalue weighted by Crippen LogP contribution is 2.26. The second-order valence-electron chi connectivity index (χ2n) is 4.17. The summed E-state index contributed by atoms with van der Waals surface area (Å²) in [6, 6.07) is 0.138. The minimum absolute atomic E-state index is 0.138. The van der Waals surface area contributed by atoms with Crippen molar-refractivity contribution in [2.24, 2.45) is 5.73 Å². The first kappa shape index (κ1) is 12.7. The molecule has 0 aromatic carbocycles. The van der Waals surface area contributed by atoms with E-state index in [-0.39, 0.29) is 6.04 Å². The summed E-state index contributed by atoms with van der Waals surface area (Å²) < 4.78 is 0. The number of hydrogen-bond donors (Lipinski definition) is 1. The number of aromatic nitrogens is 1. The monoisotopic (exact) mass is 226 g/mol. The maximum absolute atomic E-state index is 6.08. The highest BCUT2D eigenvalue weighted by Gasteiger charge is 2.12. The second kappa shape index (κ2) is 6.23. The van der Waals surface area contributed by atoms with Crippen LogP contribution in [0.2, 0.25) is 0 Å². The van der Waals surface area contributed by atoms with Crippen molar-refractivity contribution in [1.82, 2.24) is 4.98 Å². The van der Waals surface area contributed by atoms with Gasteiger partial charge in [-0.05, 0) is 12.8 Å². The smallest absolute Gasteiger partial charge is 0.0957 e. The van der Waals surface area contributed by atoms with Gasteiger partial charge in [0.2, 0.25) is 0 Å². The number of rotatable bonds is 6. The van der Waals surface area contributed by atoms with Crippen LogP contribution in [-0.2, 0) is 0 Å². The molecule has 2 unspecified atom stereocenters. The normalized spacial score (nSPS) is 15.2. The molecule has 0 fully saturated rings. The third kappa shape index (κ3) is 3.58. The molecule has 0 aliphatic rings. The van der Waals surface area contributed by atoms with Gasteiger partial charge in [-0.25, -0.2) is 4.98 Å². The fraction of sp³-hybridized carbons (Fsp3) is 0.750. The van der Waals surface area contributed by atoms with Crippen molar-refractivity contribution < 1.29 is 0 Å². The van der Waals surface area contributed by atoms with Gasteiger partial charge in [-0.1, -0.05) is 33.6 Å². The molecule has 0 aliphatic heterocycles. The molecule has 0 saturated carbocycles. The minimum atomic E-state index is 0.138. The third-order valence-corrected chi connectivity index (χ3v) is 3.92. The fourth-order valence-electron chi connectivity index (χ4n) is 1.44. The summed E-state index contributed by atoms with van der Waals surface area (Å²) in [4.78, 5) is 4.63. The molecule has 0 spiro atoms. The molecule has 86 valence electrons. The van der Waals surface area contributed by atoms with Crippen LogP contribution >= 0.6 is 11.3 Å². The summed E-state index contributed by atoms with van der Waals surface area (Å²) in [6.07, 6.45) is 4.60. The van der Waals surface area contributed by atoms with Gasteiger partial charge in [0, 0.05) is 17.3 Å². The number of thiazole rings is 1. The molecule has 0 bridgehead atoms. The number of unbranched alkanes of at least 4 members (excludes halogenated alkanes) is 1. The van der Waals surface area contributed by atoms with Gasteiger partial charge in [0.25, 0.3) is 0 Å². The Hall–Kier alpha value is -0.410. The summed E-state index contributed by atoms with van der Waals surface area (Å²) in [7, 11) is 0. The summed E-state index contributed by atoms with van der Waals surface area (Å²) in [5.41, 5.74) is 7.17. The maximum atomic E-state index is 6.08. The third-order valence-electron chi connectivity index (χ3n) is 2.82. The molecule has 15 heavy (non-hydrogen) atoms. The Morgan fingerprint density at radius 3 is 2.80 bits per heavy atom. The molecule has 2 nitrogen and oxygen atoms in total. The zero-order chi connectivity index (χ0) is 11.3. The molecule has 0 radical (unpaired) electrons. The minimum Gasteiger partial charge on any atom is -0.323 e. The lowest BCUT2D eigenvalue weighted by Gasteiger charge is -2.07. The van der Waals surface area contributed by atoms with Crippen molar-refractivity contribution >= 4 is 11.3 Å². The number of hydrogen-bond acceptors (Lipinski definition) is 3. The van der Waals surface area contributed by atoms with E-state index in [4.69, 9.17) is 5.73 Å². The van der Waals surface area contributed by atoms with Gasteiger partial charge in [0.05, 0.1) is 10.7 Å². The molecular weight excluding hydrogens is 204 g/mol. The van der Waals surface area contributed by atoms with Crippen LogP contribution in [0.5, 0.6) is 0 Å². The molecule has 0 amide bonds. The summed E-state index contributed by atoms with van der Waals surface area (Å²) in [6.45, 7) is 6.61. The molecule has 1 aromatic heterocycles. The Bertz CT molecular complexity index is 283. The van der Waals surface area contributed by atoms with Gasteiger partial charge in [0.1, 0.15) is 0 Å². The van der Waals surface area contributed by atoms with E-state index >= 15 is 0 Å². The molecular formula is C12H22N2S. The van der Waals surface area contributed by atoms with Crippen molar-refractivity contribution in [3.8, 4) is 0 Å². The molecule has 1 heterocycles. The van der Waals surface area contributed by atoms with Gasteiger partial charge >= 0.3 is 0 Å². The zero-order valence-corrected chi connectivity index (χ0v) is 10.8. The van der Waals surface area contributed by atoms with E-state index in [2.05, 4.69) is 31.1 Å². The quantitative estimate of drug-likeness (QED) is 0.800. The second-order valence-corrected chi connectivity index (χ2v) is 5.06. The Labute approximate surface area is 96.9 Å². The predicted molar refractivity (Wildman–Crippen MR) is 67.3 cm³/mol.